The largest absolute Gasteiger partial charge is 0.489 e. The van der Waals surface area contributed by atoms with Gasteiger partial charge in [0.1, 0.15) is 0 Å². The molecule has 0 spiro atoms. The summed E-state index contributed by atoms with van der Waals surface area (Å²) in [4.78, 5) is 25.1. The molecule has 0 unspecified atom stereocenters. The summed E-state index contributed by atoms with van der Waals surface area (Å²) in [6, 6.07) is 0. The molecule has 0 heterocycles. The fourth-order valence-electron chi connectivity index (χ4n) is 2.71. The first-order valence-electron chi connectivity index (χ1n) is 7.02. The number of hydrogen-bond donors (Lipinski definition) is 0. The zero-order valence-electron chi connectivity index (χ0n) is 13.9. The number of rotatable bonds is 5. The van der Waals surface area contributed by atoms with E-state index >= 15 is 0 Å². The lowest BCUT2D eigenvalue weighted by atomic mass is 9.74. The maximum absolute atomic E-state index is 12.7. The van der Waals surface area contributed by atoms with E-state index in [1.165, 1.54) is 19.8 Å². The minimum Gasteiger partial charge on any atom is -0.489 e. The first-order chi connectivity index (χ1) is 9.71. The summed E-state index contributed by atoms with van der Waals surface area (Å²) in [7, 11) is 2.74. The van der Waals surface area contributed by atoms with Crippen LogP contribution in [0.2, 0.25) is 0 Å². The van der Waals surface area contributed by atoms with Crippen molar-refractivity contribution in [3.63, 3.8) is 0 Å². The van der Waals surface area contributed by atoms with Gasteiger partial charge in [-0.2, -0.15) is 0 Å². The smallest absolute Gasteiger partial charge is 0.228 e. The lowest BCUT2D eigenvalue weighted by molar-refractivity contribution is -0.121. The molecule has 1 aliphatic carbocycles. The van der Waals surface area contributed by atoms with Crippen molar-refractivity contribution < 1.29 is 19.1 Å². The van der Waals surface area contributed by atoms with E-state index in [2.05, 4.69) is 6.92 Å². The number of hydrogen-bond acceptors (Lipinski definition) is 4. The molecule has 0 saturated carbocycles. The Morgan fingerprint density at radius 3 is 2.00 bits per heavy atom. The molecule has 0 aromatic rings. The van der Waals surface area contributed by atoms with Gasteiger partial charge in [-0.15, -0.1) is 0 Å². The number of allylic oxidation sites excluding steroid dienone is 4. The lowest BCUT2D eigenvalue weighted by Gasteiger charge is -2.30. The van der Waals surface area contributed by atoms with Crippen LogP contribution in [0, 0.1) is 5.41 Å². The van der Waals surface area contributed by atoms with Crippen molar-refractivity contribution in [3.8, 4) is 0 Å². The van der Waals surface area contributed by atoms with Crippen LogP contribution in [-0.4, -0.2) is 25.8 Å². The quantitative estimate of drug-likeness (QED) is 0.576. The molecule has 1 aliphatic rings. The van der Waals surface area contributed by atoms with E-state index in [1.54, 1.807) is 6.92 Å². The van der Waals surface area contributed by atoms with Crippen LogP contribution in [0.3, 0.4) is 0 Å². The van der Waals surface area contributed by atoms with Gasteiger partial charge in [0.25, 0.3) is 0 Å². The van der Waals surface area contributed by atoms with Crippen molar-refractivity contribution in [1.29, 1.82) is 0 Å². The molecule has 0 bridgehead atoms. The summed E-state index contributed by atoms with van der Waals surface area (Å²) < 4.78 is 10.2. The normalized spacial score (nSPS) is 17.6. The second kappa shape index (κ2) is 6.29. The number of ether oxygens (including phenoxy) is 2. The van der Waals surface area contributed by atoms with Crippen LogP contribution >= 0.6 is 0 Å². The Kier molecular flexibility index (Phi) is 5.15. The first-order valence-corrected chi connectivity index (χ1v) is 7.02. The van der Waals surface area contributed by atoms with Crippen molar-refractivity contribution in [2.45, 2.75) is 41.0 Å². The molecular weight excluding hydrogens is 268 g/mol. The molecule has 0 amide bonds. The number of ketones is 2. The highest BCUT2D eigenvalue weighted by molar-refractivity contribution is 6.24. The van der Waals surface area contributed by atoms with Gasteiger partial charge in [0.2, 0.25) is 23.1 Å². The fourth-order valence-corrected chi connectivity index (χ4v) is 2.71. The summed E-state index contributed by atoms with van der Waals surface area (Å²) in [6.45, 7) is 9.60. The molecular formula is C17H24O4. The van der Waals surface area contributed by atoms with Gasteiger partial charge >= 0.3 is 0 Å². The molecule has 4 heteroatoms. The van der Waals surface area contributed by atoms with Crippen LogP contribution in [0.1, 0.15) is 41.0 Å². The van der Waals surface area contributed by atoms with Crippen LogP contribution in [0.4, 0.5) is 0 Å². The summed E-state index contributed by atoms with van der Waals surface area (Å²) in [5, 5.41) is 0. The molecule has 1 rings (SSSR count). The van der Waals surface area contributed by atoms with Crippen LogP contribution in [0.25, 0.3) is 0 Å². The standard InChI is InChI=1S/C17H24O4/c1-8-10(2)9-17(4,5)12-11(3)13(18)15(20-6)16(21-7)14(12)19/h9H,8H2,1-7H3/b10-9+. The molecule has 0 aliphatic heterocycles. The molecule has 116 valence electrons. The second-order valence-corrected chi connectivity index (χ2v) is 5.79. The Labute approximate surface area is 126 Å². The lowest BCUT2D eigenvalue weighted by Crippen LogP contribution is -2.31. The molecule has 4 nitrogen and oxygen atoms in total. The molecule has 0 fully saturated rings. The van der Waals surface area contributed by atoms with E-state index in [4.69, 9.17) is 9.47 Å². The van der Waals surface area contributed by atoms with Gasteiger partial charge in [-0.1, -0.05) is 32.4 Å². The average molecular weight is 292 g/mol. The summed E-state index contributed by atoms with van der Waals surface area (Å²) in [5.41, 5.74) is 1.52. The van der Waals surface area contributed by atoms with Crippen LogP contribution < -0.4 is 0 Å². The monoisotopic (exact) mass is 292 g/mol. The van der Waals surface area contributed by atoms with Gasteiger partial charge in [0.05, 0.1) is 14.2 Å². The van der Waals surface area contributed by atoms with Crippen LogP contribution in [-0.2, 0) is 19.1 Å². The van der Waals surface area contributed by atoms with Gasteiger partial charge in [-0.3, -0.25) is 9.59 Å². The van der Waals surface area contributed by atoms with E-state index in [0.29, 0.717) is 11.1 Å². The highest BCUT2D eigenvalue weighted by atomic mass is 16.5. The average Bonchev–Trinajstić information content (AvgIpc) is 2.41. The Morgan fingerprint density at radius 1 is 1.10 bits per heavy atom. The van der Waals surface area contributed by atoms with Crippen molar-refractivity contribution in [2.75, 3.05) is 14.2 Å². The maximum Gasteiger partial charge on any atom is 0.228 e. The zero-order chi connectivity index (χ0) is 16.4. The van der Waals surface area contributed by atoms with Crippen LogP contribution in [0.15, 0.2) is 34.3 Å². The minimum atomic E-state index is -0.542. The van der Waals surface area contributed by atoms with Gasteiger partial charge in [0.15, 0.2) is 0 Å². The van der Waals surface area contributed by atoms with E-state index in [1.807, 2.05) is 26.8 Å². The van der Waals surface area contributed by atoms with Crippen molar-refractivity contribution in [3.05, 3.63) is 34.3 Å². The predicted octanol–water partition coefficient (Wildman–Crippen LogP) is 3.34. The third-order valence-electron chi connectivity index (χ3n) is 3.78. The zero-order valence-corrected chi connectivity index (χ0v) is 13.9. The first kappa shape index (κ1) is 17.2. The predicted molar refractivity (Wildman–Crippen MR) is 81.6 cm³/mol. The van der Waals surface area contributed by atoms with Crippen molar-refractivity contribution in [1.82, 2.24) is 0 Å². The molecule has 0 aromatic carbocycles. The third-order valence-corrected chi connectivity index (χ3v) is 3.78. The molecule has 21 heavy (non-hydrogen) atoms. The maximum atomic E-state index is 12.7. The summed E-state index contributed by atoms with van der Waals surface area (Å²) in [6.07, 6.45) is 2.93. The highest BCUT2D eigenvalue weighted by Gasteiger charge is 2.40. The topological polar surface area (TPSA) is 52.6 Å². The van der Waals surface area contributed by atoms with Gasteiger partial charge in [-0.05, 0) is 20.3 Å². The number of carbonyl (C=O) groups is 2. The third kappa shape index (κ3) is 3.09. The van der Waals surface area contributed by atoms with E-state index in [-0.39, 0.29) is 23.1 Å². The van der Waals surface area contributed by atoms with Gasteiger partial charge < -0.3 is 9.47 Å². The number of Topliss-reactive ketones (excluding diaryl/α,β-unsaturated/α-hetero) is 2. The van der Waals surface area contributed by atoms with Gasteiger partial charge in [-0.25, -0.2) is 0 Å². The fraction of sp³-hybridized carbons (Fsp3) is 0.529. The van der Waals surface area contributed by atoms with E-state index in [9.17, 15) is 9.59 Å². The summed E-state index contributed by atoms with van der Waals surface area (Å²) >= 11 is 0. The Bertz CT molecular complexity index is 559. The van der Waals surface area contributed by atoms with Gasteiger partial charge in [0, 0.05) is 16.6 Å². The molecule has 0 atom stereocenters. The van der Waals surface area contributed by atoms with Crippen molar-refractivity contribution in [2.24, 2.45) is 5.41 Å². The SMILES string of the molecule is CC/C(C)=C/C(C)(C)C1=C(C)C(=O)C(OC)=C(OC)C1=O. The van der Waals surface area contributed by atoms with E-state index in [0.717, 1.165) is 6.42 Å². The Hall–Kier alpha value is -1.84. The summed E-state index contributed by atoms with van der Waals surface area (Å²) in [5.74, 6) is -0.606. The highest BCUT2D eigenvalue weighted by Crippen LogP contribution is 2.38. The minimum absolute atomic E-state index is 0.0151. The molecule has 0 radical (unpaired) electrons. The number of carbonyl (C=O) groups excluding carboxylic acids is 2. The molecule has 0 N–H and O–H groups in total. The number of methoxy groups -OCH3 is 2. The Balaban J connectivity index is 3.47. The Morgan fingerprint density at radius 2 is 1.57 bits per heavy atom. The van der Waals surface area contributed by atoms with E-state index < -0.39 is 5.41 Å². The van der Waals surface area contributed by atoms with Crippen molar-refractivity contribution >= 4 is 11.6 Å². The molecule has 0 aromatic heterocycles. The molecule has 0 saturated heterocycles. The van der Waals surface area contributed by atoms with Crippen LogP contribution in [0.5, 0.6) is 0 Å². The second-order valence-electron chi connectivity index (χ2n) is 5.79.